The Balaban J connectivity index is 0. The predicted molar refractivity (Wildman–Crippen MR) is 58.6 cm³/mol. The molecule has 2 aromatic carbocycles. The molecule has 14 heavy (non-hydrogen) atoms. The van der Waals surface area contributed by atoms with Gasteiger partial charge >= 0.3 is 37.7 Å². The van der Waals surface area contributed by atoms with Gasteiger partial charge < -0.3 is 7.59 Å². The van der Waals surface area contributed by atoms with Gasteiger partial charge in [0.15, 0.2) is 0 Å². The van der Waals surface area contributed by atoms with Gasteiger partial charge in [0.05, 0.1) is 0 Å². The smallest absolute Gasteiger partial charge is 1.00 e. The summed E-state index contributed by atoms with van der Waals surface area (Å²) in [5, 5.41) is 2.03. The number of fused-ring (bicyclic) bond motifs is 1. The van der Waals surface area contributed by atoms with Crippen LogP contribution in [0.5, 0.6) is 5.75 Å². The fourth-order valence-corrected chi connectivity index (χ4v) is 1.35. The molecule has 2 rings (SSSR count). The molecular formula is C11H10CaO2. The Morgan fingerprint density at radius 3 is 2.57 bits per heavy atom. The Morgan fingerprint density at radius 2 is 1.79 bits per heavy atom. The average molecular weight is 214 g/mol. The molecular weight excluding hydrogens is 204 g/mol. The van der Waals surface area contributed by atoms with Crippen molar-refractivity contribution in [1.82, 2.24) is 0 Å². The summed E-state index contributed by atoms with van der Waals surface area (Å²) in [5.41, 5.74) is 0. The number of hydrogen-bond acceptors (Lipinski definition) is 2. The van der Waals surface area contributed by atoms with Crippen molar-refractivity contribution in [2.24, 2.45) is 0 Å². The van der Waals surface area contributed by atoms with Gasteiger partial charge in [0.25, 0.3) is 6.47 Å². The fraction of sp³-hybridized carbons (Fsp3) is 0. The normalized spacial score (nSPS) is 9.14. The molecule has 3 heteroatoms. The number of carbonyl (C=O) groups is 1. The van der Waals surface area contributed by atoms with Gasteiger partial charge in [0.1, 0.15) is 5.75 Å². The first-order valence-corrected chi connectivity index (χ1v) is 4.00. The van der Waals surface area contributed by atoms with E-state index in [0.717, 1.165) is 10.8 Å². The topological polar surface area (TPSA) is 26.3 Å². The van der Waals surface area contributed by atoms with Gasteiger partial charge in [-0.3, -0.25) is 4.79 Å². The molecule has 0 atom stereocenters. The van der Waals surface area contributed by atoms with E-state index < -0.39 is 0 Å². The maximum atomic E-state index is 10.2. The zero-order chi connectivity index (χ0) is 9.10. The fourth-order valence-electron chi connectivity index (χ4n) is 1.35. The number of hydrogen-bond donors (Lipinski definition) is 0. The van der Waals surface area contributed by atoms with Gasteiger partial charge in [-0.15, -0.1) is 0 Å². The second-order valence-corrected chi connectivity index (χ2v) is 2.69. The number of carbonyl (C=O) groups excluding carboxylic acids is 1. The molecule has 0 aliphatic heterocycles. The molecule has 0 amide bonds. The van der Waals surface area contributed by atoms with Crippen LogP contribution in [0.3, 0.4) is 0 Å². The first-order valence-electron chi connectivity index (χ1n) is 4.00. The molecule has 0 saturated carbocycles. The molecule has 0 spiro atoms. The minimum Gasteiger partial charge on any atom is -1.00 e. The van der Waals surface area contributed by atoms with E-state index in [1.54, 1.807) is 6.07 Å². The van der Waals surface area contributed by atoms with Crippen molar-refractivity contribution < 1.29 is 12.4 Å². The molecule has 2 nitrogen and oxygen atoms in total. The van der Waals surface area contributed by atoms with Gasteiger partial charge in [-0.2, -0.15) is 0 Å². The number of rotatable bonds is 2. The van der Waals surface area contributed by atoms with Gasteiger partial charge in [-0.25, -0.2) is 0 Å². The minimum absolute atomic E-state index is 0. The van der Waals surface area contributed by atoms with Crippen molar-refractivity contribution in [2.45, 2.75) is 0 Å². The molecule has 2 aromatic rings. The van der Waals surface area contributed by atoms with Crippen LogP contribution in [0.2, 0.25) is 0 Å². The first-order chi connectivity index (χ1) is 6.42. The van der Waals surface area contributed by atoms with Crippen molar-refractivity contribution in [1.29, 1.82) is 0 Å². The molecule has 0 fully saturated rings. The summed E-state index contributed by atoms with van der Waals surface area (Å²) < 4.78 is 4.84. The standard InChI is InChI=1S/C11H8O2.Ca.2H/c12-8-13-11-7-3-5-9-4-1-2-6-10(9)11;;;/h1-8H;;;/q;+2;2*-1. The maximum Gasteiger partial charge on any atom is 2.00 e. The molecule has 0 aliphatic rings. The van der Waals surface area contributed by atoms with Crippen molar-refractivity contribution in [3.63, 3.8) is 0 Å². The quantitative estimate of drug-likeness (QED) is 0.566. The van der Waals surface area contributed by atoms with Crippen LogP contribution in [-0.2, 0) is 4.79 Å². The Hall–Kier alpha value is -0.570. The monoisotopic (exact) mass is 214 g/mol. The summed E-state index contributed by atoms with van der Waals surface area (Å²) in [6.45, 7) is 0.446. The van der Waals surface area contributed by atoms with Crippen molar-refractivity contribution in [3.05, 3.63) is 42.5 Å². The van der Waals surface area contributed by atoms with Crippen LogP contribution in [0, 0.1) is 0 Å². The summed E-state index contributed by atoms with van der Waals surface area (Å²) in [5.74, 6) is 0.605. The minimum atomic E-state index is 0. The van der Waals surface area contributed by atoms with Crippen LogP contribution in [0.25, 0.3) is 10.8 Å². The van der Waals surface area contributed by atoms with E-state index in [1.807, 2.05) is 36.4 Å². The second kappa shape index (κ2) is 5.35. The van der Waals surface area contributed by atoms with E-state index in [0.29, 0.717) is 12.2 Å². The molecule has 0 unspecified atom stereocenters. The SMILES string of the molecule is O=COc1cccc2ccccc12.[Ca+2].[H-].[H-]. The maximum absolute atomic E-state index is 10.2. The molecule has 0 bridgehead atoms. The summed E-state index contributed by atoms with van der Waals surface area (Å²) >= 11 is 0. The molecule has 0 heterocycles. The summed E-state index contributed by atoms with van der Waals surface area (Å²) in [7, 11) is 0. The van der Waals surface area contributed by atoms with E-state index in [4.69, 9.17) is 4.74 Å². The van der Waals surface area contributed by atoms with Crippen molar-refractivity contribution in [3.8, 4) is 5.75 Å². The van der Waals surface area contributed by atoms with Crippen LogP contribution in [0.1, 0.15) is 2.85 Å². The molecule has 0 aliphatic carbocycles. The van der Waals surface area contributed by atoms with E-state index >= 15 is 0 Å². The summed E-state index contributed by atoms with van der Waals surface area (Å²) in [4.78, 5) is 10.2. The van der Waals surface area contributed by atoms with E-state index in [9.17, 15) is 4.79 Å². The van der Waals surface area contributed by atoms with Gasteiger partial charge in [-0.1, -0.05) is 36.4 Å². The third-order valence-corrected chi connectivity index (χ3v) is 1.92. The van der Waals surface area contributed by atoms with Crippen LogP contribution >= 0.6 is 0 Å². The summed E-state index contributed by atoms with van der Waals surface area (Å²) in [6, 6.07) is 13.4. The van der Waals surface area contributed by atoms with Crippen LogP contribution in [0.4, 0.5) is 0 Å². The van der Waals surface area contributed by atoms with E-state index in [1.165, 1.54) is 0 Å². The molecule has 0 saturated heterocycles. The zero-order valence-corrected chi connectivity index (χ0v) is 9.85. The van der Waals surface area contributed by atoms with E-state index in [-0.39, 0.29) is 40.6 Å². The van der Waals surface area contributed by atoms with E-state index in [2.05, 4.69) is 0 Å². The predicted octanol–water partition coefficient (Wildman–Crippen LogP) is 2.22. The molecule has 0 N–H and O–H groups in total. The third kappa shape index (κ3) is 2.26. The second-order valence-electron chi connectivity index (χ2n) is 2.69. The first kappa shape index (κ1) is 11.5. The Labute approximate surface area is 115 Å². The number of benzene rings is 2. The Bertz CT molecular complexity index is 443. The number of ether oxygens (including phenoxy) is 1. The summed E-state index contributed by atoms with van der Waals surface area (Å²) in [6.07, 6.45) is 0. The molecule has 68 valence electrons. The van der Waals surface area contributed by atoms with Gasteiger partial charge in [0, 0.05) is 5.39 Å². The molecule has 0 aromatic heterocycles. The van der Waals surface area contributed by atoms with Crippen LogP contribution in [-0.4, -0.2) is 44.2 Å². The molecule has 0 radical (unpaired) electrons. The van der Waals surface area contributed by atoms with Crippen molar-refractivity contribution in [2.75, 3.05) is 0 Å². The van der Waals surface area contributed by atoms with Gasteiger partial charge in [-0.05, 0) is 11.5 Å². The zero-order valence-electron chi connectivity index (χ0n) is 9.64. The van der Waals surface area contributed by atoms with Crippen molar-refractivity contribution >= 4 is 55.0 Å². The Kier molecular flexibility index (Phi) is 4.39. The average Bonchev–Trinajstić information content (AvgIpc) is 2.19. The van der Waals surface area contributed by atoms with Crippen LogP contribution < -0.4 is 4.74 Å². The Morgan fingerprint density at radius 1 is 1.07 bits per heavy atom. The van der Waals surface area contributed by atoms with Gasteiger partial charge in [0.2, 0.25) is 0 Å². The van der Waals surface area contributed by atoms with Crippen LogP contribution in [0.15, 0.2) is 42.5 Å². The largest absolute Gasteiger partial charge is 2.00 e. The third-order valence-electron chi connectivity index (χ3n) is 1.92.